The van der Waals surface area contributed by atoms with Crippen molar-refractivity contribution in [3.8, 4) is 0 Å². The minimum Gasteiger partial charge on any atom is -0.469 e. The number of rotatable bonds is 8. The van der Waals surface area contributed by atoms with Crippen molar-refractivity contribution in [1.82, 2.24) is 0 Å². The maximum atomic E-state index is 11.9. The summed E-state index contributed by atoms with van der Waals surface area (Å²) in [7, 11) is 1.37. The molecule has 18 heavy (non-hydrogen) atoms. The lowest BCUT2D eigenvalue weighted by molar-refractivity contribution is -0.151. The van der Waals surface area contributed by atoms with Gasteiger partial charge >= 0.3 is 5.97 Å². The number of ether oxygens (including phenoxy) is 1. The Morgan fingerprint density at radius 3 is 2.33 bits per heavy atom. The smallest absolute Gasteiger partial charge is 0.309 e. The molecular formula is C15H26O3. The highest BCUT2D eigenvalue weighted by Gasteiger charge is 2.33. The van der Waals surface area contributed by atoms with Crippen LogP contribution in [-0.2, 0) is 14.3 Å². The molecule has 0 N–H and O–H groups in total. The van der Waals surface area contributed by atoms with Crippen molar-refractivity contribution in [3.63, 3.8) is 0 Å². The van der Waals surface area contributed by atoms with Gasteiger partial charge in [0.1, 0.15) is 5.78 Å². The van der Waals surface area contributed by atoms with Crippen molar-refractivity contribution in [2.45, 2.75) is 52.9 Å². The molecule has 0 heterocycles. The zero-order valence-corrected chi connectivity index (χ0v) is 12.1. The predicted octanol–water partition coefficient (Wildman–Crippen LogP) is 3.53. The van der Waals surface area contributed by atoms with Gasteiger partial charge in [0.05, 0.1) is 13.0 Å². The first-order valence-corrected chi connectivity index (χ1v) is 6.53. The average molecular weight is 254 g/mol. The van der Waals surface area contributed by atoms with Crippen molar-refractivity contribution < 1.29 is 14.3 Å². The Balaban J connectivity index is 4.28. The van der Waals surface area contributed by atoms with Crippen LogP contribution in [0.15, 0.2) is 12.7 Å². The average Bonchev–Trinajstić information content (AvgIpc) is 2.29. The highest BCUT2D eigenvalue weighted by atomic mass is 16.5. The molecule has 0 fully saturated rings. The third kappa shape index (κ3) is 6.58. The summed E-state index contributed by atoms with van der Waals surface area (Å²) < 4.78 is 4.78. The van der Waals surface area contributed by atoms with Crippen LogP contribution in [-0.4, -0.2) is 18.9 Å². The summed E-state index contributed by atoms with van der Waals surface area (Å²) >= 11 is 0. The van der Waals surface area contributed by atoms with Crippen LogP contribution in [0.2, 0.25) is 0 Å². The van der Waals surface area contributed by atoms with E-state index >= 15 is 0 Å². The van der Waals surface area contributed by atoms with Gasteiger partial charge in [0.2, 0.25) is 0 Å². The van der Waals surface area contributed by atoms with Gasteiger partial charge in [-0.3, -0.25) is 9.59 Å². The van der Waals surface area contributed by atoms with Gasteiger partial charge in [-0.15, -0.1) is 6.58 Å². The van der Waals surface area contributed by atoms with Crippen LogP contribution in [0.25, 0.3) is 0 Å². The zero-order chi connectivity index (χ0) is 14.2. The Hall–Kier alpha value is -1.12. The Morgan fingerprint density at radius 2 is 1.89 bits per heavy atom. The first-order chi connectivity index (χ1) is 8.32. The second-order valence-electron chi connectivity index (χ2n) is 5.72. The van der Waals surface area contributed by atoms with Gasteiger partial charge in [-0.05, 0) is 24.7 Å². The van der Waals surface area contributed by atoms with Gasteiger partial charge in [-0.2, -0.15) is 0 Å². The number of hydrogen-bond acceptors (Lipinski definition) is 3. The first-order valence-electron chi connectivity index (χ1n) is 6.53. The van der Waals surface area contributed by atoms with Crippen molar-refractivity contribution in [2.24, 2.45) is 11.3 Å². The van der Waals surface area contributed by atoms with Gasteiger partial charge in [-0.25, -0.2) is 0 Å². The zero-order valence-electron chi connectivity index (χ0n) is 12.1. The second kappa shape index (κ2) is 8.06. The van der Waals surface area contributed by atoms with E-state index in [2.05, 4.69) is 6.58 Å². The summed E-state index contributed by atoms with van der Waals surface area (Å²) in [5, 5.41) is 0. The van der Waals surface area contributed by atoms with Crippen molar-refractivity contribution in [1.29, 1.82) is 0 Å². The van der Waals surface area contributed by atoms with E-state index in [-0.39, 0.29) is 29.5 Å². The molecule has 0 bridgehead atoms. The Labute approximate surface area is 111 Å². The lowest BCUT2D eigenvalue weighted by Gasteiger charge is -2.27. The standard InChI is InChI=1S/C15H26O3/c1-6-7-8-9-10-12(16)11-13(14(17)18-5)15(2,3)4/h6,13H,1,7-11H2,2-5H3/t13-/m1/s1. The van der Waals surface area contributed by atoms with Crippen molar-refractivity contribution in [3.05, 3.63) is 12.7 Å². The highest BCUT2D eigenvalue weighted by Crippen LogP contribution is 2.30. The third-order valence-corrected chi connectivity index (χ3v) is 3.08. The maximum Gasteiger partial charge on any atom is 0.309 e. The fourth-order valence-electron chi connectivity index (χ4n) is 1.83. The Kier molecular flexibility index (Phi) is 7.56. The van der Waals surface area contributed by atoms with E-state index in [0.717, 1.165) is 19.3 Å². The van der Waals surface area contributed by atoms with E-state index in [1.807, 2.05) is 26.8 Å². The van der Waals surface area contributed by atoms with E-state index in [4.69, 9.17) is 4.74 Å². The molecule has 3 nitrogen and oxygen atoms in total. The van der Waals surface area contributed by atoms with E-state index < -0.39 is 0 Å². The molecule has 0 radical (unpaired) electrons. The lowest BCUT2D eigenvalue weighted by Crippen LogP contribution is -2.31. The molecular weight excluding hydrogens is 228 g/mol. The molecule has 0 aliphatic heterocycles. The van der Waals surface area contributed by atoms with Crippen LogP contribution in [0.5, 0.6) is 0 Å². The molecule has 0 aliphatic carbocycles. The highest BCUT2D eigenvalue weighted by molar-refractivity contribution is 5.84. The summed E-state index contributed by atoms with van der Waals surface area (Å²) in [5.74, 6) is -0.499. The monoisotopic (exact) mass is 254 g/mol. The maximum absolute atomic E-state index is 11.9. The van der Waals surface area contributed by atoms with Crippen LogP contribution in [0.4, 0.5) is 0 Å². The summed E-state index contributed by atoms with van der Waals surface area (Å²) in [6.45, 7) is 9.52. The number of methoxy groups -OCH3 is 1. The minimum atomic E-state index is -0.352. The van der Waals surface area contributed by atoms with E-state index in [1.165, 1.54) is 7.11 Å². The largest absolute Gasteiger partial charge is 0.469 e. The third-order valence-electron chi connectivity index (χ3n) is 3.08. The van der Waals surface area contributed by atoms with E-state index in [9.17, 15) is 9.59 Å². The topological polar surface area (TPSA) is 43.4 Å². The number of Topliss-reactive ketones (excluding diaryl/α,β-unsaturated/α-hetero) is 1. The molecule has 3 heteroatoms. The van der Waals surface area contributed by atoms with Gasteiger partial charge in [0.15, 0.2) is 0 Å². The number of esters is 1. The van der Waals surface area contributed by atoms with Crippen LogP contribution in [0.1, 0.15) is 52.9 Å². The lowest BCUT2D eigenvalue weighted by atomic mass is 9.77. The summed E-state index contributed by atoms with van der Waals surface area (Å²) in [6, 6.07) is 0. The summed E-state index contributed by atoms with van der Waals surface area (Å²) in [6.07, 6.45) is 5.46. The number of ketones is 1. The number of hydrogen-bond donors (Lipinski definition) is 0. The molecule has 1 atom stereocenters. The molecule has 0 aliphatic rings. The molecule has 0 rings (SSSR count). The molecule has 0 amide bonds. The molecule has 0 aromatic heterocycles. The molecule has 0 aromatic rings. The van der Waals surface area contributed by atoms with Crippen LogP contribution < -0.4 is 0 Å². The van der Waals surface area contributed by atoms with Gasteiger partial charge in [0.25, 0.3) is 0 Å². The number of allylic oxidation sites excluding steroid dienone is 1. The molecule has 0 aromatic carbocycles. The van der Waals surface area contributed by atoms with Gasteiger partial charge in [-0.1, -0.05) is 26.8 Å². The molecule has 0 unspecified atom stereocenters. The Morgan fingerprint density at radius 1 is 1.28 bits per heavy atom. The van der Waals surface area contributed by atoms with Crippen LogP contribution in [0, 0.1) is 11.3 Å². The molecule has 0 saturated carbocycles. The van der Waals surface area contributed by atoms with Crippen molar-refractivity contribution in [2.75, 3.05) is 7.11 Å². The Bertz CT molecular complexity index is 287. The van der Waals surface area contributed by atoms with Crippen LogP contribution in [0.3, 0.4) is 0 Å². The minimum absolute atomic E-state index is 0.143. The fourth-order valence-corrected chi connectivity index (χ4v) is 1.83. The van der Waals surface area contributed by atoms with E-state index in [1.54, 1.807) is 0 Å². The summed E-state index contributed by atoms with van der Waals surface area (Å²) in [4.78, 5) is 23.5. The number of unbranched alkanes of at least 4 members (excludes halogenated alkanes) is 2. The summed E-state index contributed by atoms with van der Waals surface area (Å²) in [5.41, 5.74) is -0.246. The fraction of sp³-hybridized carbons (Fsp3) is 0.733. The quantitative estimate of drug-likeness (QED) is 0.378. The molecule has 0 saturated heterocycles. The molecule has 0 spiro atoms. The van der Waals surface area contributed by atoms with Crippen LogP contribution >= 0.6 is 0 Å². The SMILES string of the molecule is C=CCCCCC(=O)C[C@H](C(=O)OC)C(C)(C)C. The van der Waals surface area contributed by atoms with Crippen molar-refractivity contribution >= 4 is 11.8 Å². The van der Waals surface area contributed by atoms with E-state index in [0.29, 0.717) is 6.42 Å². The second-order valence-corrected chi connectivity index (χ2v) is 5.72. The van der Waals surface area contributed by atoms with Gasteiger partial charge in [0, 0.05) is 12.8 Å². The predicted molar refractivity (Wildman–Crippen MR) is 73.3 cm³/mol. The first kappa shape index (κ1) is 16.9. The number of carbonyl (C=O) groups is 2. The van der Waals surface area contributed by atoms with Gasteiger partial charge < -0.3 is 4.74 Å². The number of carbonyl (C=O) groups excluding carboxylic acids is 2. The normalized spacial score (nSPS) is 12.9. The molecule has 104 valence electrons.